The van der Waals surface area contributed by atoms with Gasteiger partial charge in [0.1, 0.15) is 0 Å². The highest BCUT2D eigenvalue weighted by Crippen LogP contribution is 2.18. The molecule has 1 saturated carbocycles. The molecule has 0 aliphatic heterocycles. The lowest BCUT2D eigenvalue weighted by Crippen LogP contribution is -2.45. The summed E-state index contributed by atoms with van der Waals surface area (Å²) in [5, 5.41) is 12.4. The molecule has 0 atom stereocenters. The van der Waals surface area contributed by atoms with Gasteiger partial charge in [-0.25, -0.2) is 0 Å². The van der Waals surface area contributed by atoms with Crippen molar-refractivity contribution < 1.29 is 19.3 Å². The van der Waals surface area contributed by atoms with Crippen molar-refractivity contribution >= 4 is 0 Å². The van der Waals surface area contributed by atoms with Crippen molar-refractivity contribution in [3.63, 3.8) is 0 Å². The van der Waals surface area contributed by atoms with Gasteiger partial charge in [-0.05, 0) is 12.8 Å². The Morgan fingerprint density at radius 3 is 2.31 bits per heavy atom. The molecule has 0 unspecified atom stereocenters. The molecule has 96 valence electrons. The van der Waals surface area contributed by atoms with E-state index in [1.165, 1.54) is 0 Å². The summed E-state index contributed by atoms with van der Waals surface area (Å²) < 4.78 is 15.5. The summed E-state index contributed by atoms with van der Waals surface area (Å²) in [4.78, 5) is 0. The normalized spacial score (nSPS) is 24.4. The molecule has 0 spiro atoms. The third-order valence-electron chi connectivity index (χ3n) is 2.60. The molecule has 0 bridgehead atoms. The zero-order valence-corrected chi connectivity index (χ0v) is 9.98. The van der Waals surface area contributed by atoms with Crippen LogP contribution in [0.1, 0.15) is 12.8 Å². The first-order chi connectivity index (χ1) is 7.83. The topological polar surface area (TPSA) is 60.0 Å². The van der Waals surface area contributed by atoms with E-state index in [0.29, 0.717) is 39.1 Å². The van der Waals surface area contributed by atoms with Gasteiger partial charge in [0.05, 0.1) is 39.1 Å². The minimum Gasteiger partial charge on any atom is -0.393 e. The molecule has 1 rings (SSSR count). The van der Waals surface area contributed by atoms with E-state index in [1.807, 2.05) is 0 Å². The Morgan fingerprint density at radius 1 is 1.06 bits per heavy atom. The van der Waals surface area contributed by atoms with E-state index in [0.717, 1.165) is 19.4 Å². The lowest BCUT2D eigenvalue weighted by Gasteiger charge is -2.32. The standard InChI is InChI=1S/C11H23NO4/c1-14-4-5-16-7-6-15-3-2-12-10-8-11(13)9-10/h10-13H,2-9H2,1H3. The van der Waals surface area contributed by atoms with Crippen molar-refractivity contribution in [2.45, 2.75) is 25.0 Å². The molecule has 16 heavy (non-hydrogen) atoms. The van der Waals surface area contributed by atoms with Gasteiger partial charge in [-0.2, -0.15) is 0 Å². The van der Waals surface area contributed by atoms with Gasteiger partial charge < -0.3 is 24.6 Å². The van der Waals surface area contributed by atoms with Crippen LogP contribution in [-0.4, -0.2) is 63.9 Å². The summed E-state index contributed by atoms with van der Waals surface area (Å²) >= 11 is 0. The van der Waals surface area contributed by atoms with E-state index < -0.39 is 0 Å². The van der Waals surface area contributed by atoms with Crippen LogP contribution in [0.3, 0.4) is 0 Å². The number of nitrogens with one attached hydrogen (secondary N) is 1. The molecular weight excluding hydrogens is 210 g/mol. The van der Waals surface area contributed by atoms with Crippen molar-refractivity contribution in [2.24, 2.45) is 0 Å². The van der Waals surface area contributed by atoms with Crippen LogP contribution < -0.4 is 5.32 Å². The first-order valence-electron chi connectivity index (χ1n) is 5.89. The van der Waals surface area contributed by atoms with Gasteiger partial charge in [0.25, 0.3) is 0 Å². The summed E-state index contributed by atoms with van der Waals surface area (Å²) in [6.07, 6.45) is 1.66. The van der Waals surface area contributed by atoms with Gasteiger partial charge in [0.15, 0.2) is 0 Å². The first kappa shape index (κ1) is 13.9. The molecular formula is C11H23NO4. The second kappa shape index (κ2) is 8.90. The van der Waals surface area contributed by atoms with Crippen LogP contribution in [0.15, 0.2) is 0 Å². The van der Waals surface area contributed by atoms with Crippen LogP contribution >= 0.6 is 0 Å². The SMILES string of the molecule is COCCOCCOCCNC1CC(O)C1. The van der Waals surface area contributed by atoms with E-state index >= 15 is 0 Å². The lowest BCUT2D eigenvalue weighted by atomic mass is 9.90. The Kier molecular flexibility index (Phi) is 7.71. The number of rotatable bonds is 10. The molecule has 0 radical (unpaired) electrons. The van der Waals surface area contributed by atoms with Crippen LogP contribution in [0, 0.1) is 0 Å². The number of aliphatic hydroxyl groups excluding tert-OH is 1. The molecule has 0 saturated heterocycles. The average molecular weight is 233 g/mol. The third kappa shape index (κ3) is 6.40. The van der Waals surface area contributed by atoms with Crippen LogP contribution in [0.25, 0.3) is 0 Å². The van der Waals surface area contributed by atoms with Crippen LogP contribution in [-0.2, 0) is 14.2 Å². The average Bonchev–Trinajstić information content (AvgIpc) is 2.24. The minimum atomic E-state index is -0.0902. The Bertz CT molecular complexity index is 162. The van der Waals surface area contributed by atoms with E-state index in [-0.39, 0.29) is 6.10 Å². The highest BCUT2D eigenvalue weighted by atomic mass is 16.5. The highest BCUT2D eigenvalue weighted by Gasteiger charge is 2.25. The fourth-order valence-corrected chi connectivity index (χ4v) is 1.55. The van der Waals surface area contributed by atoms with E-state index in [4.69, 9.17) is 19.3 Å². The maximum Gasteiger partial charge on any atom is 0.0701 e. The number of methoxy groups -OCH3 is 1. The van der Waals surface area contributed by atoms with Crippen LogP contribution in [0.4, 0.5) is 0 Å². The molecule has 2 N–H and O–H groups in total. The van der Waals surface area contributed by atoms with E-state index in [1.54, 1.807) is 7.11 Å². The minimum absolute atomic E-state index is 0.0902. The Balaban J connectivity index is 1.68. The van der Waals surface area contributed by atoms with E-state index in [9.17, 15) is 0 Å². The number of aliphatic hydroxyl groups is 1. The Morgan fingerprint density at radius 2 is 1.69 bits per heavy atom. The summed E-state index contributed by atoms with van der Waals surface area (Å²) in [5.41, 5.74) is 0. The molecule has 5 heteroatoms. The molecule has 0 amide bonds. The fraction of sp³-hybridized carbons (Fsp3) is 1.00. The number of hydrogen-bond donors (Lipinski definition) is 2. The molecule has 0 aromatic rings. The smallest absolute Gasteiger partial charge is 0.0701 e. The predicted octanol–water partition coefficient (Wildman–Crippen LogP) is -0.221. The second-order valence-electron chi connectivity index (χ2n) is 3.99. The molecule has 5 nitrogen and oxygen atoms in total. The largest absolute Gasteiger partial charge is 0.393 e. The maximum absolute atomic E-state index is 9.06. The molecule has 1 fully saturated rings. The Hall–Kier alpha value is -0.200. The van der Waals surface area contributed by atoms with Crippen molar-refractivity contribution in [3.05, 3.63) is 0 Å². The van der Waals surface area contributed by atoms with Gasteiger partial charge in [-0.1, -0.05) is 0 Å². The highest BCUT2D eigenvalue weighted by molar-refractivity contribution is 4.84. The molecule has 1 aliphatic rings. The zero-order valence-electron chi connectivity index (χ0n) is 9.98. The summed E-state index contributed by atoms with van der Waals surface area (Å²) in [6, 6.07) is 0.483. The summed E-state index contributed by atoms with van der Waals surface area (Å²) in [7, 11) is 1.66. The van der Waals surface area contributed by atoms with Gasteiger partial charge in [0, 0.05) is 19.7 Å². The lowest BCUT2D eigenvalue weighted by molar-refractivity contribution is 0.0217. The summed E-state index contributed by atoms with van der Waals surface area (Å²) in [6.45, 7) is 4.03. The fourth-order valence-electron chi connectivity index (χ4n) is 1.55. The van der Waals surface area contributed by atoms with Gasteiger partial charge >= 0.3 is 0 Å². The first-order valence-corrected chi connectivity index (χ1v) is 5.89. The van der Waals surface area contributed by atoms with Crippen LogP contribution in [0.5, 0.6) is 0 Å². The quantitative estimate of drug-likeness (QED) is 0.511. The number of hydrogen-bond acceptors (Lipinski definition) is 5. The van der Waals surface area contributed by atoms with Crippen molar-refractivity contribution in [1.82, 2.24) is 5.32 Å². The van der Waals surface area contributed by atoms with Crippen LogP contribution in [0.2, 0.25) is 0 Å². The predicted molar refractivity (Wildman–Crippen MR) is 60.5 cm³/mol. The monoisotopic (exact) mass is 233 g/mol. The zero-order chi connectivity index (χ0) is 11.6. The molecule has 0 aromatic carbocycles. The summed E-state index contributed by atoms with van der Waals surface area (Å²) in [5.74, 6) is 0. The molecule has 0 aromatic heterocycles. The van der Waals surface area contributed by atoms with Crippen molar-refractivity contribution in [3.8, 4) is 0 Å². The second-order valence-corrected chi connectivity index (χ2v) is 3.99. The van der Waals surface area contributed by atoms with Crippen molar-refractivity contribution in [2.75, 3.05) is 46.7 Å². The number of ether oxygens (including phenoxy) is 3. The Labute approximate surface area is 97.1 Å². The van der Waals surface area contributed by atoms with Gasteiger partial charge in [-0.3, -0.25) is 0 Å². The maximum atomic E-state index is 9.06. The third-order valence-corrected chi connectivity index (χ3v) is 2.60. The molecule has 1 aliphatic carbocycles. The molecule has 0 heterocycles. The van der Waals surface area contributed by atoms with Crippen molar-refractivity contribution in [1.29, 1.82) is 0 Å². The van der Waals surface area contributed by atoms with Gasteiger partial charge in [0.2, 0.25) is 0 Å². The van der Waals surface area contributed by atoms with E-state index in [2.05, 4.69) is 5.32 Å². The van der Waals surface area contributed by atoms with Gasteiger partial charge in [-0.15, -0.1) is 0 Å².